The standard InChI is InChI=1S/C18H22N2O3S/c1-2-9-19-15(21)12-23-18(22)16-13-7-3-4-8-14(13)24-17(16)20-10-5-6-11-20/h5-6,10-11H,2-4,7-9,12H2,1H3,(H,19,21). The molecule has 1 amide bonds. The summed E-state index contributed by atoms with van der Waals surface area (Å²) in [6, 6.07) is 3.87. The second-order valence-electron chi connectivity index (χ2n) is 5.91. The summed E-state index contributed by atoms with van der Waals surface area (Å²) in [5.41, 5.74) is 1.74. The number of nitrogens with one attached hydrogen (secondary N) is 1. The van der Waals surface area contributed by atoms with Crippen LogP contribution in [0, 0.1) is 0 Å². The number of ether oxygens (including phenoxy) is 1. The minimum atomic E-state index is -0.398. The predicted octanol–water partition coefficient (Wildman–Crippen LogP) is 3.10. The predicted molar refractivity (Wildman–Crippen MR) is 93.9 cm³/mol. The lowest BCUT2D eigenvalue weighted by Gasteiger charge is -2.13. The van der Waals surface area contributed by atoms with Crippen molar-refractivity contribution in [3.8, 4) is 5.00 Å². The maximum Gasteiger partial charge on any atom is 0.341 e. The summed E-state index contributed by atoms with van der Waals surface area (Å²) < 4.78 is 7.25. The minimum absolute atomic E-state index is 0.228. The van der Waals surface area contributed by atoms with Crippen LogP contribution in [-0.4, -0.2) is 29.6 Å². The number of carbonyl (C=O) groups is 2. The Morgan fingerprint density at radius 1 is 1.25 bits per heavy atom. The van der Waals surface area contributed by atoms with E-state index in [4.69, 9.17) is 4.74 Å². The molecule has 2 aromatic heterocycles. The lowest BCUT2D eigenvalue weighted by Crippen LogP contribution is -2.29. The molecule has 128 valence electrons. The molecule has 1 aliphatic rings. The molecule has 2 heterocycles. The number of aromatic nitrogens is 1. The fourth-order valence-corrected chi connectivity index (χ4v) is 4.28. The number of esters is 1. The highest BCUT2D eigenvalue weighted by atomic mass is 32.1. The number of hydrogen-bond acceptors (Lipinski definition) is 4. The van der Waals surface area contributed by atoms with Crippen LogP contribution in [0.4, 0.5) is 0 Å². The number of thiophene rings is 1. The van der Waals surface area contributed by atoms with Crippen LogP contribution in [0.1, 0.15) is 47.0 Å². The van der Waals surface area contributed by atoms with Crippen LogP contribution < -0.4 is 5.32 Å². The van der Waals surface area contributed by atoms with E-state index in [1.807, 2.05) is 36.0 Å². The van der Waals surface area contributed by atoms with Gasteiger partial charge in [-0.3, -0.25) is 4.79 Å². The van der Waals surface area contributed by atoms with Crippen molar-refractivity contribution >= 4 is 23.2 Å². The Morgan fingerprint density at radius 3 is 2.75 bits per heavy atom. The lowest BCUT2D eigenvalue weighted by molar-refractivity contribution is -0.124. The van der Waals surface area contributed by atoms with E-state index in [0.29, 0.717) is 12.1 Å². The summed E-state index contributed by atoms with van der Waals surface area (Å²) in [5, 5.41) is 3.61. The molecule has 1 N–H and O–H groups in total. The summed E-state index contributed by atoms with van der Waals surface area (Å²) in [6.07, 6.45) is 8.89. The molecule has 6 heteroatoms. The van der Waals surface area contributed by atoms with Crippen molar-refractivity contribution in [2.75, 3.05) is 13.2 Å². The van der Waals surface area contributed by atoms with Crippen molar-refractivity contribution in [2.45, 2.75) is 39.0 Å². The van der Waals surface area contributed by atoms with Crippen LogP contribution in [0.2, 0.25) is 0 Å². The van der Waals surface area contributed by atoms with Gasteiger partial charge in [-0.25, -0.2) is 4.79 Å². The Morgan fingerprint density at radius 2 is 2.00 bits per heavy atom. The normalized spacial score (nSPS) is 13.4. The van der Waals surface area contributed by atoms with E-state index in [2.05, 4.69) is 5.32 Å². The molecular weight excluding hydrogens is 324 g/mol. The third-order valence-electron chi connectivity index (χ3n) is 4.10. The molecule has 0 unspecified atom stereocenters. The Balaban J connectivity index is 1.82. The summed E-state index contributed by atoms with van der Waals surface area (Å²) in [5.74, 6) is -0.651. The van der Waals surface area contributed by atoms with Gasteiger partial charge in [0.05, 0.1) is 5.56 Å². The molecule has 0 saturated carbocycles. The van der Waals surface area contributed by atoms with Crippen molar-refractivity contribution in [2.24, 2.45) is 0 Å². The third-order valence-corrected chi connectivity index (χ3v) is 5.41. The van der Waals surface area contributed by atoms with Crippen molar-refractivity contribution < 1.29 is 14.3 Å². The maximum atomic E-state index is 12.7. The Labute approximate surface area is 145 Å². The SMILES string of the molecule is CCCNC(=O)COC(=O)c1c(-n2cccc2)sc2c1CCCC2. The maximum absolute atomic E-state index is 12.7. The van der Waals surface area contributed by atoms with E-state index in [1.165, 1.54) is 4.88 Å². The van der Waals surface area contributed by atoms with Crippen LogP contribution in [-0.2, 0) is 22.4 Å². The molecule has 0 spiro atoms. The van der Waals surface area contributed by atoms with Gasteiger partial charge < -0.3 is 14.6 Å². The highest BCUT2D eigenvalue weighted by Gasteiger charge is 2.27. The molecule has 0 fully saturated rings. The molecule has 0 bridgehead atoms. The van der Waals surface area contributed by atoms with Crippen molar-refractivity contribution in [3.63, 3.8) is 0 Å². The van der Waals surface area contributed by atoms with Crippen LogP contribution in [0.5, 0.6) is 0 Å². The molecule has 5 nitrogen and oxygen atoms in total. The van der Waals surface area contributed by atoms with E-state index in [1.54, 1.807) is 11.3 Å². The fourth-order valence-electron chi connectivity index (χ4n) is 2.93. The molecule has 0 aromatic carbocycles. The third kappa shape index (κ3) is 3.53. The number of fused-ring (bicyclic) bond motifs is 1. The Hall–Kier alpha value is -2.08. The quantitative estimate of drug-likeness (QED) is 0.818. The highest BCUT2D eigenvalue weighted by Crippen LogP contribution is 2.37. The van der Waals surface area contributed by atoms with Gasteiger partial charge in [0.25, 0.3) is 5.91 Å². The summed E-state index contributed by atoms with van der Waals surface area (Å²) in [7, 11) is 0. The van der Waals surface area contributed by atoms with Gasteiger partial charge in [-0.15, -0.1) is 11.3 Å². The van der Waals surface area contributed by atoms with Gasteiger partial charge in [0.1, 0.15) is 5.00 Å². The van der Waals surface area contributed by atoms with Crippen LogP contribution >= 0.6 is 11.3 Å². The number of carbonyl (C=O) groups excluding carboxylic acids is 2. The smallest absolute Gasteiger partial charge is 0.341 e. The van der Waals surface area contributed by atoms with Crippen LogP contribution in [0.25, 0.3) is 5.00 Å². The molecule has 1 aliphatic carbocycles. The number of hydrogen-bond donors (Lipinski definition) is 1. The first-order valence-electron chi connectivity index (χ1n) is 8.42. The molecule has 24 heavy (non-hydrogen) atoms. The van der Waals surface area contributed by atoms with Crippen LogP contribution in [0.3, 0.4) is 0 Å². The van der Waals surface area contributed by atoms with Crippen molar-refractivity contribution in [3.05, 3.63) is 40.5 Å². The molecule has 0 saturated heterocycles. The molecule has 3 rings (SSSR count). The first kappa shape index (κ1) is 16.8. The van der Waals surface area contributed by atoms with Crippen molar-refractivity contribution in [1.29, 1.82) is 0 Å². The van der Waals surface area contributed by atoms with Gasteiger partial charge in [-0.1, -0.05) is 6.92 Å². The number of nitrogens with zero attached hydrogens (tertiary/aromatic N) is 1. The first-order valence-corrected chi connectivity index (χ1v) is 9.24. The largest absolute Gasteiger partial charge is 0.452 e. The summed E-state index contributed by atoms with van der Waals surface area (Å²) in [6.45, 7) is 2.35. The molecule has 2 aromatic rings. The lowest BCUT2D eigenvalue weighted by atomic mass is 9.95. The van der Waals surface area contributed by atoms with Gasteiger partial charge in [0, 0.05) is 23.8 Å². The summed E-state index contributed by atoms with van der Waals surface area (Å²) >= 11 is 1.66. The van der Waals surface area contributed by atoms with E-state index >= 15 is 0 Å². The molecule has 0 atom stereocenters. The topological polar surface area (TPSA) is 60.3 Å². The highest BCUT2D eigenvalue weighted by molar-refractivity contribution is 7.15. The molecule has 0 aliphatic heterocycles. The zero-order valence-corrected chi connectivity index (χ0v) is 14.7. The Bertz CT molecular complexity index is 719. The number of aryl methyl sites for hydroxylation is 1. The number of amides is 1. The van der Waals surface area contributed by atoms with E-state index in [0.717, 1.165) is 42.7 Å². The molecular formula is C18H22N2O3S. The van der Waals surface area contributed by atoms with E-state index < -0.39 is 5.97 Å². The van der Waals surface area contributed by atoms with E-state index in [9.17, 15) is 9.59 Å². The van der Waals surface area contributed by atoms with E-state index in [-0.39, 0.29) is 12.5 Å². The second kappa shape index (κ2) is 7.66. The summed E-state index contributed by atoms with van der Waals surface area (Å²) in [4.78, 5) is 25.6. The fraction of sp³-hybridized carbons (Fsp3) is 0.444. The van der Waals surface area contributed by atoms with Crippen LogP contribution in [0.15, 0.2) is 24.5 Å². The first-order chi connectivity index (χ1) is 11.7. The zero-order valence-electron chi connectivity index (χ0n) is 13.8. The average Bonchev–Trinajstić information content (AvgIpc) is 3.24. The van der Waals surface area contributed by atoms with Gasteiger partial charge in [0.2, 0.25) is 0 Å². The van der Waals surface area contributed by atoms with Gasteiger partial charge in [0.15, 0.2) is 6.61 Å². The van der Waals surface area contributed by atoms with Gasteiger partial charge in [-0.05, 0) is 49.8 Å². The van der Waals surface area contributed by atoms with Gasteiger partial charge >= 0.3 is 5.97 Å². The molecule has 0 radical (unpaired) electrons. The second-order valence-corrected chi connectivity index (χ2v) is 6.99. The average molecular weight is 346 g/mol. The monoisotopic (exact) mass is 346 g/mol. The van der Waals surface area contributed by atoms with Crippen molar-refractivity contribution in [1.82, 2.24) is 9.88 Å². The Kier molecular flexibility index (Phi) is 5.35. The minimum Gasteiger partial charge on any atom is -0.452 e. The van der Waals surface area contributed by atoms with Gasteiger partial charge in [-0.2, -0.15) is 0 Å². The zero-order chi connectivity index (χ0) is 16.9. The number of rotatable bonds is 6.